The van der Waals surface area contributed by atoms with E-state index in [-0.39, 0.29) is 0 Å². The Labute approximate surface area is 76.5 Å². The molecular weight excluding hydrogens is 172 g/mol. The second-order valence-electron chi connectivity index (χ2n) is 2.30. The van der Waals surface area contributed by atoms with Crippen molar-refractivity contribution in [2.45, 2.75) is 6.92 Å². The summed E-state index contributed by atoms with van der Waals surface area (Å²) in [5, 5.41) is 0.538. The Kier molecular flexibility index (Phi) is 2.47. The average Bonchev–Trinajstić information content (AvgIpc) is 2.06. The summed E-state index contributed by atoms with van der Waals surface area (Å²) in [7, 11) is 0. The van der Waals surface area contributed by atoms with Gasteiger partial charge in [-0.15, -0.1) is 5.92 Å². The largest absolute Gasteiger partial charge is 0.397 e. The van der Waals surface area contributed by atoms with Gasteiger partial charge in [-0.25, -0.2) is 0 Å². The zero-order valence-corrected chi connectivity index (χ0v) is 7.44. The standard InChI is InChI=1S/C9H9ClN2/c1-2-3-6-7(10)4-5-8(11)9(6)12/h4-5H,11-12H2,1H3. The number of rotatable bonds is 0. The van der Waals surface area contributed by atoms with Gasteiger partial charge in [-0.05, 0) is 19.1 Å². The van der Waals surface area contributed by atoms with Crippen LogP contribution in [0.5, 0.6) is 0 Å². The van der Waals surface area contributed by atoms with Crippen LogP contribution in [-0.4, -0.2) is 0 Å². The Morgan fingerprint density at radius 3 is 2.58 bits per heavy atom. The van der Waals surface area contributed by atoms with Gasteiger partial charge < -0.3 is 11.5 Å². The minimum absolute atomic E-state index is 0.455. The van der Waals surface area contributed by atoms with Gasteiger partial charge in [0.05, 0.1) is 22.0 Å². The van der Waals surface area contributed by atoms with Crippen LogP contribution >= 0.6 is 11.6 Å². The maximum Gasteiger partial charge on any atom is 0.0722 e. The monoisotopic (exact) mass is 180 g/mol. The van der Waals surface area contributed by atoms with E-state index in [1.54, 1.807) is 19.1 Å². The van der Waals surface area contributed by atoms with E-state index in [2.05, 4.69) is 11.8 Å². The smallest absolute Gasteiger partial charge is 0.0722 e. The second-order valence-corrected chi connectivity index (χ2v) is 2.71. The van der Waals surface area contributed by atoms with Gasteiger partial charge in [-0.2, -0.15) is 0 Å². The molecule has 0 saturated carbocycles. The Bertz CT molecular complexity index is 361. The van der Waals surface area contributed by atoms with Crippen molar-refractivity contribution in [3.05, 3.63) is 22.7 Å². The fraction of sp³-hybridized carbons (Fsp3) is 0.111. The van der Waals surface area contributed by atoms with Crippen LogP contribution in [0.25, 0.3) is 0 Å². The van der Waals surface area contributed by atoms with Gasteiger partial charge in [0.25, 0.3) is 0 Å². The summed E-state index contributed by atoms with van der Waals surface area (Å²) in [6.07, 6.45) is 0. The molecule has 0 amide bonds. The van der Waals surface area contributed by atoms with E-state index in [9.17, 15) is 0 Å². The molecule has 0 aromatic heterocycles. The maximum atomic E-state index is 5.84. The molecular formula is C9H9ClN2. The first-order chi connectivity index (χ1) is 5.66. The molecule has 0 radical (unpaired) electrons. The summed E-state index contributed by atoms with van der Waals surface area (Å²) in [5.74, 6) is 5.52. The number of hydrogen-bond donors (Lipinski definition) is 2. The lowest BCUT2D eigenvalue weighted by molar-refractivity contribution is 1.61. The average molecular weight is 181 g/mol. The highest BCUT2D eigenvalue weighted by atomic mass is 35.5. The van der Waals surface area contributed by atoms with Gasteiger partial charge in [0.15, 0.2) is 0 Å². The van der Waals surface area contributed by atoms with Crippen LogP contribution in [0.2, 0.25) is 5.02 Å². The van der Waals surface area contributed by atoms with Crippen LogP contribution in [0, 0.1) is 11.8 Å². The van der Waals surface area contributed by atoms with Gasteiger partial charge in [-0.3, -0.25) is 0 Å². The highest BCUT2D eigenvalue weighted by molar-refractivity contribution is 6.32. The van der Waals surface area contributed by atoms with Crippen LogP contribution < -0.4 is 11.5 Å². The zero-order chi connectivity index (χ0) is 9.14. The predicted octanol–water partition coefficient (Wildman–Crippen LogP) is 1.88. The molecule has 0 spiro atoms. The normalized spacial score (nSPS) is 8.83. The topological polar surface area (TPSA) is 52.0 Å². The van der Waals surface area contributed by atoms with Crippen molar-refractivity contribution in [2.75, 3.05) is 11.5 Å². The molecule has 1 aromatic rings. The van der Waals surface area contributed by atoms with Gasteiger partial charge >= 0.3 is 0 Å². The molecule has 0 unspecified atom stereocenters. The van der Waals surface area contributed by atoms with Crippen molar-refractivity contribution in [2.24, 2.45) is 0 Å². The number of nitrogen functional groups attached to an aromatic ring is 2. The third-order valence-electron chi connectivity index (χ3n) is 1.48. The van der Waals surface area contributed by atoms with Gasteiger partial charge in [0, 0.05) is 0 Å². The second kappa shape index (κ2) is 3.38. The Morgan fingerprint density at radius 2 is 2.00 bits per heavy atom. The number of nitrogens with two attached hydrogens (primary N) is 2. The van der Waals surface area contributed by atoms with Gasteiger partial charge in [0.2, 0.25) is 0 Å². The molecule has 0 heterocycles. The van der Waals surface area contributed by atoms with E-state index in [1.807, 2.05) is 0 Å². The summed E-state index contributed by atoms with van der Waals surface area (Å²) >= 11 is 5.84. The minimum Gasteiger partial charge on any atom is -0.397 e. The molecule has 4 N–H and O–H groups in total. The van der Waals surface area contributed by atoms with E-state index >= 15 is 0 Å². The zero-order valence-electron chi connectivity index (χ0n) is 6.69. The lowest BCUT2D eigenvalue weighted by Gasteiger charge is -2.03. The molecule has 0 atom stereocenters. The predicted molar refractivity (Wildman–Crippen MR) is 52.8 cm³/mol. The molecule has 0 fully saturated rings. The Hall–Kier alpha value is -1.33. The fourth-order valence-electron chi connectivity index (χ4n) is 0.861. The van der Waals surface area contributed by atoms with E-state index in [1.165, 1.54) is 0 Å². The van der Waals surface area contributed by atoms with Crippen LogP contribution in [-0.2, 0) is 0 Å². The third-order valence-corrected chi connectivity index (χ3v) is 1.79. The molecule has 1 rings (SSSR count). The first-order valence-corrected chi connectivity index (χ1v) is 3.80. The molecule has 0 bridgehead atoms. The van der Waals surface area contributed by atoms with E-state index in [0.29, 0.717) is 22.0 Å². The maximum absolute atomic E-state index is 5.84. The molecule has 1 aromatic carbocycles. The SMILES string of the molecule is CC#Cc1c(Cl)ccc(N)c1N. The summed E-state index contributed by atoms with van der Waals surface area (Å²) in [5.41, 5.74) is 12.8. The Morgan fingerprint density at radius 1 is 1.33 bits per heavy atom. The van der Waals surface area contributed by atoms with Crippen molar-refractivity contribution in [3.8, 4) is 11.8 Å². The van der Waals surface area contributed by atoms with Crippen molar-refractivity contribution in [1.29, 1.82) is 0 Å². The molecule has 0 aliphatic heterocycles. The van der Waals surface area contributed by atoms with Crippen LogP contribution in [0.4, 0.5) is 11.4 Å². The third kappa shape index (κ3) is 1.46. The van der Waals surface area contributed by atoms with Gasteiger partial charge in [-0.1, -0.05) is 17.5 Å². The van der Waals surface area contributed by atoms with E-state index in [0.717, 1.165) is 0 Å². The molecule has 12 heavy (non-hydrogen) atoms. The summed E-state index contributed by atoms with van der Waals surface area (Å²) in [6, 6.07) is 3.35. The lowest BCUT2D eigenvalue weighted by atomic mass is 10.1. The summed E-state index contributed by atoms with van der Waals surface area (Å²) in [4.78, 5) is 0. The molecule has 2 nitrogen and oxygen atoms in total. The van der Waals surface area contributed by atoms with E-state index in [4.69, 9.17) is 23.1 Å². The number of hydrogen-bond acceptors (Lipinski definition) is 2. The quantitative estimate of drug-likeness (QED) is 0.473. The first-order valence-electron chi connectivity index (χ1n) is 3.43. The van der Waals surface area contributed by atoms with E-state index < -0.39 is 0 Å². The summed E-state index contributed by atoms with van der Waals surface area (Å²) < 4.78 is 0. The van der Waals surface area contributed by atoms with Crippen LogP contribution in [0.15, 0.2) is 12.1 Å². The van der Waals surface area contributed by atoms with Crippen molar-refractivity contribution < 1.29 is 0 Å². The fourth-order valence-corrected chi connectivity index (χ4v) is 1.07. The molecule has 3 heteroatoms. The highest BCUT2D eigenvalue weighted by Crippen LogP contribution is 2.26. The lowest BCUT2D eigenvalue weighted by Crippen LogP contribution is -1.97. The van der Waals surface area contributed by atoms with Crippen LogP contribution in [0.1, 0.15) is 12.5 Å². The Balaban J connectivity index is 3.39. The minimum atomic E-state index is 0.455. The summed E-state index contributed by atoms with van der Waals surface area (Å²) in [6.45, 7) is 1.72. The van der Waals surface area contributed by atoms with Crippen molar-refractivity contribution >= 4 is 23.0 Å². The number of anilines is 2. The molecule has 0 aliphatic carbocycles. The van der Waals surface area contributed by atoms with Gasteiger partial charge in [0.1, 0.15) is 0 Å². The molecule has 62 valence electrons. The highest BCUT2D eigenvalue weighted by Gasteiger charge is 2.04. The van der Waals surface area contributed by atoms with Crippen LogP contribution in [0.3, 0.4) is 0 Å². The number of halogens is 1. The van der Waals surface area contributed by atoms with Crippen molar-refractivity contribution in [1.82, 2.24) is 0 Å². The first kappa shape index (κ1) is 8.76. The number of benzene rings is 1. The molecule has 0 saturated heterocycles. The van der Waals surface area contributed by atoms with Crippen molar-refractivity contribution in [3.63, 3.8) is 0 Å². The molecule has 0 aliphatic rings.